The van der Waals surface area contributed by atoms with Gasteiger partial charge in [-0.2, -0.15) is 0 Å². The van der Waals surface area contributed by atoms with Gasteiger partial charge in [-0.25, -0.2) is 0 Å². The average Bonchev–Trinajstić information content (AvgIpc) is 2.44. The number of methoxy groups -OCH3 is 1. The summed E-state index contributed by atoms with van der Waals surface area (Å²) in [5, 5.41) is 21.0. The zero-order chi connectivity index (χ0) is 14.3. The van der Waals surface area contributed by atoms with Gasteiger partial charge in [-0.15, -0.1) is 0 Å². The molecule has 6 nitrogen and oxygen atoms in total. The van der Waals surface area contributed by atoms with Crippen LogP contribution < -0.4 is 15.0 Å². The van der Waals surface area contributed by atoms with Crippen LogP contribution in [-0.2, 0) is 4.79 Å². The lowest BCUT2D eigenvalue weighted by atomic mass is 10.2. The lowest BCUT2D eigenvalue weighted by Gasteiger charge is -2.27. The van der Waals surface area contributed by atoms with Gasteiger partial charge in [0.2, 0.25) is 6.41 Å². The number of ether oxygens (including phenoxy) is 1. The number of nitrogens with one attached hydrogen (secondary N) is 1. The summed E-state index contributed by atoms with van der Waals surface area (Å²) in [6.07, 6.45) is -0.225. The highest BCUT2D eigenvalue weighted by Gasteiger charge is 2.15. The summed E-state index contributed by atoms with van der Waals surface area (Å²) in [6, 6.07) is 5.24. The Labute approximate surface area is 112 Å². The smallest absolute Gasteiger partial charge is 0.211 e. The molecule has 0 aliphatic carbocycles. The van der Waals surface area contributed by atoms with E-state index in [1.54, 1.807) is 25.3 Å². The number of likely N-dealkylation sites (N-methyl/N-ethyl adjacent to an activating group) is 1. The van der Waals surface area contributed by atoms with E-state index >= 15 is 0 Å². The Hall–Kier alpha value is -1.79. The first kappa shape index (κ1) is 15.3. The van der Waals surface area contributed by atoms with Crippen molar-refractivity contribution in [1.29, 1.82) is 0 Å². The van der Waals surface area contributed by atoms with E-state index in [0.717, 1.165) is 5.69 Å². The summed E-state index contributed by atoms with van der Waals surface area (Å²) in [5.74, 6) is 0.642. The molecule has 0 heterocycles. The van der Waals surface area contributed by atoms with Crippen LogP contribution in [-0.4, -0.2) is 49.5 Å². The Kier molecular flexibility index (Phi) is 6.11. The maximum atomic E-state index is 10.5. The summed E-state index contributed by atoms with van der Waals surface area (Å²) in [7, 11) is 1.56. The Morgan fingerprint density at radius 2 is 2.26 bits per heavy atom. The van der Waals surface area contributed by atoms with Gasteiger partial charge in [0.25, 0.3) is 0 Å². The molecule has 0 saturated carbocycles. The molecule has 3 N–H and O–H groups in total. The third-order valence-corrected chi connectivity index (χ3v) is 2.77. The van der Waals surface area contributed by atoms with Crippen molar-refractivity contribution in [2.75, 3.05) is 37.0 Å². The fraction of sp³-hybridized carbons (Fsp3) is 0.462. The van der Waals surface area contributed by atoms with Gasteiger partial charge < -0.3 is 25.2 Å². The Morgan fingerprint density at radius 1 is 1.53 bits per heavy atom. The number of aliphatic hydroxyl groups is 2. The topological polar surface area (TPSA) is 82.0 Å². The number of anilines is 2. The van der Waals surface area contributed by atoms with E-state index in [4.69, 9.17) is 9.84 Å². The molecule has 0 bridgehead atoms. The van der Waals surface area contributed by atoms with Crippen LogP contribution in [0.25, 0.3) is 0 Å². The van der Waals surface area contributed by atoms with E-state index < -0.39 is 6.10 Å². The molecule has 106 valence electrons. The van der Waals surface area contributed by atoms with E-state index in [9.17, 15) is 9.90 Å². The first-order chi connectivity index (χ1) is 9.15. The van der Waals surface area contributed by atoms with Crippen LogP contribution in [0.1, 0.15) is 6.92 Å². The molecule has 0 aliphatic rings. The highest BCUT2D eigenvalue weighted by atomic mass is 16.5. The molecule has 0 aromatic heterocycles. The number of amides is 1. The monoisotopic (exact) mass is 268 g/mol. The molecule has 6 heteroatoms. The van der Waals surface area contributed by atoms with Crippen molar-refractivity contribution in [3.05, 3.63) is 18.2 Å². The molecule has 0 spiro atoms. The minimum absolute atomic E-state index is 0.286. The first-order valence-corrected chi connectivity index (χ1v) is 6.08. The Bertz CT molecular complexity index is 412. The lowest BCUT2D eigenvalue weighted by Crippen LogP contribution is -2.34. The molecule has 1 rings (SSSR count). The van der Waals surface area contributed by atoms with E-state index in [1.165, 1.54) is 0 Å². The lowest BCUT2D eigenvalue weighted by molar-refractivity contribution is -0.105. The normalized spacial score (nSPS) is 11.8. The van der Waals surface area contributed by atoms with Crippen LogP contribution in [0.15, 0.2) is 18.2 Å². The van der Waals surface area contributed by atoms with Gasteiger partial charge in [-0.1, -0.05) is 0 Å². The van der Waals surface area contributed by atoms with Gasteiger partial charge in [0.15, 0.2) is 0 Å². The third-order valence-electron chi connectivity index (χ3n) is 2.77. The van der Waals surface area contributed by atoms with Gasteiger partial charge in [-0.05, 0) is 25.1 Å². The summed E-state index contributed by atoms with van der Waals surface area (Å²) < 4.78 is 5.27. The van der Waals surface area contributed by atoms with E-state index in [0.29, 0.717) is 24.4 Å². The predicted octanol–water partition coefficient (Wildman–Crippen LogP) is 0.443. The van der Waals surface area contributed by atoms with Crippen LogP contribution in [0.4, 0.5) is 11.4 Å². The molecule has 19 heavy (non-hydrogen) atoms. The maximum absolute atomic E-state index is 10.5. The SMILES string of the molecule is CCN(CC(O)CO)c1cc(NC=O)ccc1OC. The number of carbonyl (C=O) groups is 1. The van der Waals surface area contributed by atoms with Crippen LogP contribution >= 0.6 is 0 Å². The number of aliphatic hydroxyl groups excluding tert-OH is 2. The molecule has 0 fully saturated rings. The summed E-state index contributed by atoms with van der Waals surface area (Å²) >= 11 is 0. The van der Waals surface area contributed by atoms with E-state index in [2.05, 4.69) is 5.32 Å². The summed E-state index contributed by atoms with van der Waals surface area (Å²) in [5.41, 5.74) is 1.40. The zero-order valence-corrected chi connectivity index (χ0v) is 11.2. The van der Waals surface area contributed by atoms with Crippen molar-refractivity contribution in [3.8, 4) is 5.75 Å². The Balaban J connectivity index is 3.04. The van der Waals surface area contributed by atoms with Crippen molar-refractivity contribution < 1.29 is 19.7 Å². The van der Waals surface area contributed by atoms with Gasteiger partial charge in [-0.3, -0.25) is 4.79 Å². The number of hydrogen-bond donors (Lipinski definition) is 3. The number of nitrogens with zero attached hydrogens (tertiary/aromatic N) is 1. The molecular weight excluding hydrogens is 248 g/mol. The molecule has 1 atom stereocenters. The van der Waals surface area contributed by atoms with Gasteiger partial charge >= 0.3 is 0 Å². The molecule has 0 radical (unpaired) electrons. The largest absolute Gasteiger partial charge is 0.495 e. The van der Waals surface area contributed by atoms with Crippen LogP contribution in [0, 0.1) is 0 Å². The molecular formula is C13H20N2O4. The first-order valence-electron chi connectivity index (χ1n) is 6.08. The quantitative estimate of drug-likeness (QED) is 0.596. The second-order valence-electron chi connectivity index (χ2n) is 4.02. The Morgan fingerprint density at radius 3 is 2.79 bits per heavy atom. The van der Waals surface area contributed by atoms with Crippen molar-refractivity contribution >= 4 is 17.8 Å². The van der Waals surface area contributed by atoms with Crippen LogP contribution in [0.5, 0.6) is 5.75 Å². The second-order valence-corrected chi connectivity index (χ2v) is 4.02. The molecule has 0 aliphatic heterocycles. The number of benzene rings is 1. The predicted molar refractivity (Wildman–Crippen MR) is 73.7 cm³/mol. The van der Waals surface area contributed by atoms with E-state index in [-0.39, 0.29) is 13.2 Å². The van der Waals surface area contributed by atoms with Gasteiger partial charge in [0.05, 0.1) is 25.5 Å². The maximum Gasteiger partial charge on any atom is 0.211 e. The number of hydrogen-bond acceptors (Lipinski definition) is 5. The standard InChI is InChI=1S/C13H20N2O4/c1-3-15(7-11(18)8-16)12-6-10(14-9-17)4-5-13(12)19-2/h4-6,9,11,16,18H,3,7-8H2,1-2H3,(H,14,17). The number of carbonyl (C=O) groups excluding carboxylic acids is 1. The van der Waals surface area contributed by atoms with Crippen LogP contribution in [0.2, 0.25) is 0 Å². The molecule has 1 amide bonds. The minimum atomic E-state index is -0.827. The molecule has 1 unspecified atom stereocenters. The summed E-state index contributed by atoms with van der Waals surface area (Å²) in [6.45, 7) is 2.56. The fourth-order valence-electron chi connectivity index (χ4n) is 1.80. The van der Waals surface area contributed by atoms with Gasteiger partial charge in [0, 0.05) is 18.8 Å². The van der Waals surface area contributed by atoms with E-state index in [1.807, 2.05) is 11.8 Å². The van der Waals surface area contributed by atoms with Crippen molar-refractivity contribution in [1.82, 2.24) is 0 Å². The third kappa shape index (κ3) is 4.11. The second kappa shape index (κ2) is 7.60. The number of rotatable bonds is 8. The van der Waals surface area contributed by atoms with Crippen molar-refractivity contribution in [2.24, 2.45) is 0 Å². The van der Waals surface area contributed by atoms with Crippen molar-refractivity contribution in [3.63, 3.8) is 0 Å². The van der Waals surface area contributed by atoms with Gasteiger partial charge in [0.1, 0.15) is 5.75 Å². The minimum Gasteiger partial charge on any atom is -0.495 e. The van der Waals surface area contributed by atoms with Crippen LogP contribution in [0.3, 0.4) is 0 Å². The summed E-state index contributed by atoms with van der Waals surface area (Å²) in [4.78, 5) is 12.3. The average molecular weight is 268 g/mol. The fourth-order valence-corrected chi connectivity index (χ4v) is 1.80. The zero-order valence-electron chi connectivity index (χ0n) is 11.2. The highest BCUT2D eigenvalue weighted by molar-refractivity contribution is 5.76. The van der Waals surface area contributed by atoms with Crippen molar-refractivity contribution in [2.45, 2.75) is 13.0 Å². The highest BCUT2D eigenvalue weighted by Crippen LogP contribution is 2.31. The molecule has 0 saturated heterocycles. The molecule has 1 aromatic carbocycles. The molecule has 1 aromatic rings.